The van der Waals surface area contributed by atoms with Gasteiger partial charge in [0.15, 0.2) is 0 Å². The standard InChI is InChI=1S/C29H31N3O2S/c1-19-22(27(33)34)15-17-24-30-25(26(32(19)24)31-29(5,6)18-28(2,3)4)23-16-14-21(35-23)13-12-20-10-8-7-9-11-20/h7-11,14-17,31H,18H2,1-6H3,(H,33,34). The van der Waals surface area contributed by atoms with Crippen molar-refractivity contribution in [1.29, 1.82) is 0 Å². The van der Waals surface area contributed by atoms with Crippen LogP contribution in [0, 0.1) is 24.2 Å². The SMILES string of the molecule is Cc1c(C(=O)O)ccc2nc(-c3ccc(C#Cc4ccccc4)s3)c(NC(C)(C)CC(C)(C)C)n12. The van der Waals surface area contributed by atoms with Gasteiger partial charge in [0.1, 0.15) is 17.2 Å². The number of anilines is 1. The van der Waals surface area contributed by atoms with Gasteiger partial charge in [-0.1, -0.05) is 50.8 Å². The molecule has 3 aromatic heterocycles. The van der Waals surface area contributed by atoms with Crippen LogP contribution in [-0.2, 0) is 0 Å². The van der Waals surface area contributed by atoms with E-state index in [1.807, 2.05) is 53.8 Å². The molecule has 4 rings (SSSR count). The molecule has 1 aromatic carbocycles. The topological polar surface area (TPSA) is 66.6 Å². The van der Waals surface area contributed by atoms with E-state index in [9.17, 15) is 9.90 Å². The molecule has 0 amide bonds. The summed E-state index contributed by atoms with van der Waals surface area (Å²) in [6, 6.07) is 17.4. The first-order chi connectivity index (χ1) is 16.4. The number of aromatic nitrogens is 2. The number of nitrogens with zero attached hydrogens (tertiary/aromatic N) is 2. The summed E-state index contributed by atoms with van der Waals surface area (Å²) in [4.78, 5) is 18.7. The lowest BCUT2D eigenvalue weighted by Crippen LogP contribution is -2.36. The van der Waals surface area contributed by atoms with Crippen molar-refractivity contribution in [3.63, 3.8) is 0 Å². The number of carboxylic acids is 1. The molecule has 35 heavy (non-hydrogen) atoms. The van der Waals surface area contributed by atoms with Crippen LogP contribution in [-0.4, -0.2) is 26.0 Å². The molecular weight excluding hydrogens is 454 g/mol. The summed E-state index contributed by atoms with van der Waals surface area (Å²) in [6.07, 6.45) is 0.919. The fourth-order valence-electron chi connectivity index (χ4n) is 4.68. The van der Waals surface area contributed by atoms with E-state index in [4.69, 9.17) is 4.98 Å². The smallest absolute Gasteiger partial charge is 0.337 e. The number of aromatic carboxylic acids is 1. The van der Waals surface area contributed by atoms with E-state index in [2.05, 4.69) is 51.8 Å². The van der Waals surface area contributed by atoms with Crippen LogP contribution in [0.1, 0.15) is 67.5 Å². The van der Waals surface area contributed by atoms with Gasteiger partial charge in [0.2, 0.25) is 0 Å². The molecule has 0 bridgehead atoms. The van der Waals surface area contributed by atoms with Gasteiger partial charge < -0.3 is 10.4 Å². The lowest BCUT2D eigenvalue weighted by molar-refractivity contribution is 0.0695. The Balaban J connectivity index is 1.83. The molecule has 2 N–H and O–H groups in total. The minimum absolute atomic E-state index is 0.113. The van der Waals surface area contributed by atoms with Crippen molar-refractivity contribution in [2.75, 3.05) is 5.32 Å². The minimum atomic E-state index is -0.950. The van der Waals surface area contributed by atoms with Crippen LogP contribution < -0.4 is 5.32 Å². The molecule has 0 aliphatic heterocycles. The Bertz CT molecular complexity index is 1440. The lowest BCUT2D eigenvalue weighted by Gasteiger charge is -2.34. The third kappa shape index (κ3) is 5.58. The van der Waals surface area contributed by atoms with Crippen molar-refractivity contribution in [3.8, 4) is 22.4 Å². The number of hydrogen-bond acceptors (Lipinski definition) is 4. The predicted molar refractivity (Wildman–Crippen MR) is 144 cm³/mol. The Kier molecular flexibility index (Phi) is 6.48. The molecule has 180 valence electrons. The maximum absolute atomic E-state index is 11.9. The lowest BCUT2D eigenvalue weighted by atomic mass is 9.82. The summed E-state index contributed by atoms with van der Waals surface area (Å²) in [6.45, 7) is 12.8. The summed E-state index contributed by atoms with van der Waals surface area (Å²) in [5.41, 5.74) is 3.25. The van der Waals surface area contributed by atoms with Gasteiger partial charge >= 0.3 is 5.97 Å². The highest BCUT2D eigenvalue weighted by molar-refractivity contribution is 7.16. The number of hydrogen-bond donors (Lipinski definition) is 2. The first kappa shape index (κ1) is 24.6. The number of carbonyl (C=O) groups is 1. The molecule has 5 nitrogen and oxygen atoms in total. The van der Waals surface area contributed by atoms with Crippen LogP contribution in [0.3, 0.4) is 0 Å². The maximum atomic E-state index is 11.9. The van der Waals surface area contributed by atoms with Crippen LogP contribution in [0.25, 0.3) is 16.2 Å². The number of fused-ring (bicyclic) bond motifs is 1. The number of aryl methyl sites for hydroxylation is 1. The number of thiophene rings is 1. The summed E-state index contributed by atoms with van der Waals surface area (Å²) >= 11 is 1.58. The second kappa shape index (κ2) is 9.24. The summed E-state index contributed by atoms with van der Waals surface area (Å²) in [5, 5.41) is 13.4. The summed E-state index contributed by atoms with van der Waals surface area (Å²) < 4.78 is 1.93. The van der Waals surface area contributed by atoms with Gasteiger partial charge in [-0.15, -0.1) is 11.3 Å². The normalized spacial score (nSPS) is 11.8. The number of carboxylic acid groups (broad SMARTS) is 1. The summed E-state index contributed by atoms with van der Waals surface area (Å²) in [5.74, 6) is 6.32. The fraction of sp³-hybridized carbons (Fsp3) is 0.310. The highest BCUT2D eigenvalue weighted by Gasteiger charge is 2.29. The van der Waals surface area contributed by atoms with Gasteiger partial charge in [-0.3, -0.25) is 4.40 Å². The van der Waals surface area contributed by atoms with E-state index in [-0.39, 0.29) is 16.5 Å². The molecular formula is C29H31N3O2S. The quantitative estimate of drug-likeness (QED) is 0.296. The molecule has 0 atom stereocenters. The molecule has 0 saturated heterocycles. The van der Waals surface area contributed by atoms with Crippen LogP contribution in [0.4, 0.5) is 5.82 Å². The second-order valence-corrected chi connectivity index (χ2v) is 11.8. The molecule has 0 saturated carbocycles. The number of benzene rings is 1. The Hall–Kier alpha value is -3.56. The first-order valence-electron chi connectivity index (χ1n) is 11.6. The highest BCUT2D eigenvalue weighted by Crippen LogP contribution is 2.38. The zero-order valence-corrected chi connectivity index (χ0v) is 21.9. The Morgan fingerprint density at radius 2 is 1.74 bits per heavy atom. The van der Waals surface area contributed by atoms with E-state index in [1.165, 1.54) is 0 Å². The van der Waals surface area contributed by atoms with Gasteiger partial charge in [-0.05, 0) is 69.0 Å². The fourth-order valence-corrected chi connectivity index (χ4v) is 5.53. The van der Waals surface area contributed by atoms with Gasteiger partial charge in [-0.2, -0.15) is 0 Å². The van der Waals surface area contributed by atoms with Gasteiger partial charge in [0.25, 0.3) is 0 Å². The van der Waals surface area contributed by atoms with Crippen LogP contribution >= 0.6 is 11.3 Å². The molecule has 3 heterocycles. The summed E-state index contributed by atoms with van der Waals surface area (Å²) in [7, 11) is 0. The van der Waals surface area contributed by atoms with Crippen molar-refractivity contribution in [2.45, 2.75) is 53.5 Å². The zero-order valence-electron chi connectivity index (χ0n) is 21.1. The van der Waals surface area contributed by atoms with Crippen molar-refractivity contribution in [3.05, 3.63) is 76.3 Å². The average molecular weight is 486 g/mol. The van der Waals surface area contributed by atoms with Crippen LogP contribution in [0.2, 0.25) is 0 Å². The number of rotatable bonds is 5. The molecule has 0 aliphatic rings. The molecule has 0 aliphatic carbocycles. The van der Waals surface area contributed by atoms with Gasteiger partial charge in [0.05, 0.1) is 15.3 Å². The predicted octanol–water partition coefficient (Wildman–Crippen LogP) is 7.10. The second-order valence-electron chi connectivity index (χ2n) is 10.7. The Labute approximate surface area is 210 Å². The minimum Gasteiger partial charge on any atom is -0.478 e. The molecule has 0 spiro atoms. The maximum Gasteiger partial charge on any atom is 0.337 e. The number of nitrogens with one attached hydrogen (secondary N) is 1. The van der Waals surface area contributed by atoms with E-state index in [0.29, 0.717) is 11.3 Å². The molecule has 4 aromatic rings. The number of imidazole rings is 1. The molecule has 0 fully saturated rings. The monoisotopic (exact) mass is 485 g/mol. The Morgan fingerprint density at radius 1 is 1.03 bits per heavy atom. The van der Waals surface area contributed by atoms with E-state index in [0.717, 1.165) is 33.3 Å². The van der Waals surface area contributed by atoms with Gasteiger partial charge in [-0.25, -0.2) is 9.78 Å². The molecule has 0 radical (unpaired) electrons. The number of pyridine rings is 1. The first-order valence-corrected chi connectivity index (χ1v) is 12.5. The van der Waals surface area contributed by atoms with Crippen molar-refractivity contribution < 1.29 is 9.90 Å². The van der Waals surface area contributed by atoms with Gasteiger partial charge in [0, 0.05) is 16.8 Å². The third-order valence-electron chi connectivity index (χ3n) is 5.63. The third-order valence-corrected chi connectivity index (χ3v) is 6.64. The van der Waals surface area contributed by atoms with Crippen LogP contribution in [0.15, 0.2) is 54.6 Å². The van der Waals surface area contributed by atoms with E-state index >= 15 is 0 Å². The molecule has 6 heteroatoms. The van der Waals surface area contributed by atoms with E-state index in [1.54, 1.807) is 23.5 Å². The van der Waals surface area contributed by atoms with Crippen molar-refractivity contribution >= 4 is 28.8 Å². The molecule has 0 unspecified atom stereocenters. The largest absolute Gasteiger partial charge is 0.478 e. The highest BCUT2D eigenvalue weighted by atomic mass is 32.1. The Morgan fingerprint density at radius 3 is 2.40 bits per heavy atom. The van der Waals surface area contributed by atoms with E-state index < -0.39 is 5.97 Å². The van der Waals surface area contributed by atoms with Crippen molar-refractivity contribution in [2.24, 2.45) is 5.41 Å². The zero-order chi connectivity index (χ0) is 25.4. The van der Waals surface area contributed by atoms with Crippen molar-refractivity contribution in [1.82, 2.24) is 9.38 Å². The average Bonchev–Trinajstić information content (AvgIpc) is 3.36. The van der Waals surface area contributed by atoms with Crippen LogP contribution in [0.5, 0.6) is 0 Å².